The molecule has 0 atom stereocenters. The van der Waals surface area contributed by atoms with Gasteiger partial charge in [0, 0.05) is 19.7 Å². The molecule has 0 spiro atoms. The third-order valence-corrected chi connectivity index (χ3v) is 3.59. The molecular weight excluding hydrogens is 274 g/mol. The van der Waals surface area contributed by atoms with Crippen LogP contribution in [0.25, 0.3) is 0 Å². The smallest absolute Gasteiger partial charge is 0.305 e. The summed E-state index contributed by atoms with van der Waals surface area (Å²) in [6, 6.07) is 4.73. The molecule has 0 aliphatic heterocycles. The van der Waals surface area contributed by atoms with Gasteiger partial charge in [-0.3, -0.25) is 14.9 Å². The molecule has 1 amide bonds. The van der Waals surface area contributed by atoms with E-state index in [0.717, 1.165) is 12.8 Å². The number of nitrogens with zero attached hydrogens (tertiary/aromatic N) is 1. The minimum atomic E-state index is -0.522. The van der Waals surface area contributed by atoms with Crippen molar-refractivity contribution in [1.82, 2.24) is 5.32 Å². The van der Waals surface area contributed by atoms with E-state index in [1.165, 1.54) is 6.07 Å². The monoisotopic (exact) mass is 293 g/mol. The lowest BCUT2D eigenvalue weighted by atomic mass is 9.89. The average molecular weight is 293 g/mol. The molecule has 1 saturated carbocycles. The Kier molecular flexibility index (Phi) is 4.74. The van der Waals surface area contributed by atoms with Crippen molar-refractivity contribution in [2.45, 2.75) is 31.9 Å². The molecule has 21 heavy (non-hydrogen) atoms. The van der Waals surface area contributed by atoms with Gasteiger partial charge in [0.05, 0.1) is 11.0 Å². The molecule has 7 nitrogen and oxygen atoms in total. The molecule has 7 heteroatoms. The van der Waals surface area contributed by atoms with Gasteiger partial charge < -0.3 is 15.4 Å². The summed E-state index contributed by atoms with van der Waals surface area (Å²) in [5, 5.41) is 17.0. The van der Waals surface area contributed by atoms with Crippen molar-refractivity contribution in [3.05, 3.63) is 33.9 Å². The van der Waals surface area contributed by atoms with Crippen LogP contribution in [-0.2, 0) is 4.74 Å². The van der Waals surface area contributed by atoms with E-state index in [1.807, 2.05) is 6.92 Å². The standard InChI is InChI=1S/C14H19N3O4/c1-3-15-12-6-4-5-11(13(12)17(19)20)14(18)16-9-7-10(8-9)21-2/h4-6,9-10,15H,3,7-8H2,1-2H3,(H,16,18). The van der Waals surface area contributed by atoms with Crippen molar-refractivity contribution in [1.29, 1.82) is 0 Å². The van der Waals surface area contributed by atoms with Gasteiger partial charge in [0.2, 0.25) is 0 Å². The molecule has 1 aromatic carbocycles. The number of hydrogen-bond donors (Lipinski definition) is 2. The van der Waals surface area contributed by atoms with E-state index < -0.39 is 10.8 Å². The van der Waals surface area contributed by atoms with Crippen LogP contribution < -0.4 is 10.6 Å². The fraction of sp³-hybridized carbons (Fsp3) is 0.500. The van der Waals surface area contributed by atoms with Crippen molar-refractivity contribution in [3.8, 4) is 0 Å². The summed E-state index contributed by atoms with van der Waals surface area (Å²) in [7, 11) is 1.63. The van der Waals surface area contributed by atoms with Gasteiger partial charge in [-0.1, -0.05) is 6.07 Å². The van der Waals surface area contributed by atoms with Crippen molar-refractivity contribution in [2.75, 3.05) is 19.0 Å². The summed E-state index contributed by atoms with van der Waals surface area (Å²) in [5.74, 6) is -0.416. The Labute approximate surface area is 122 Å². The molecule has 1 fully saturated rings. The molecule has 0 bridgehead atoms. The van der Waals surface area contributed by atoms with Gasteiger partial charge in [-0.2, -0.15) is 0 Å². The maximum absolute atomic E-state index is 12.2. The Morgan fingerprint density at radius 1 is 1.48 bits per heavy atom. The van der Waals surface area contributed by atoms with E-state index in [1.54, 1.807) is 19.2 Å². The first kappa shape index (κ1) is 15.2. The van der Waals surface area contributed by atoms with E-state index >= 15 is 0 Å². The quantitative estimate of drug-likeness (QED) is 0.617. The number of methoxy groups -OCH3 is 1. The van der Waals surface area contributed by atoms with Crippen LogP contribution in [0, 0.1) is 10.1 Å². The van der Waals surface area contributed by atoms with Crippen molar-refractivity contribution >= 4 is 17.3 Å². The number of amides is 1. The van der Waals surface area contributed by atoms with Gasteiger partial charge in [-0.05, 0) is 31.9 Å². The summed E-state index contributed by atoms with van der Waals surface area (Å²) in [4.78, 5) is 23.0. The minimum absolute atomic E-state index is 0.0184. The molecule has 0 aromatic heterocycles. The SMILES string of the molecule is CCNc1cccc(C(=O)NC2CC(OC)C2)c1[N+](=O)[O-]. The zero-order valence-electron chi connectivity index (χ0n) is 12.1. The second kappa shape index (κ2) is 6.53. The summed E-state index contributed by atoms with van der Waals surface area (Å²) in [6.45, 7) is 2.39. The highest BCUT2D eigenvalue weighted by Crippen LogP contribution is 2.29. The van der Waals surface area contributed by atoms with Crippen LogP contribution in [0.5, 0.6) is 0 Å². The second-order valence-corrected chi connectivity index (χ2v) is 4.99. The fourth-order valence-electron chi connectivity index (χ4n) is 2.40. The van der Waals surface area contributed by atoms with Crippen LogP contribution in [-0.4, -0.2) is 36.6 Å². The first-order valence-corrected chi connectivity index (χ1v) is 6.91. The van der Waals surface area contributed by atoms with Crippen LogP contribution in [0.1, 0.15) is 30.1 Å². The maximum Gasteiger partial charge on any atom is 0.305 e. The molecule has 0 radical (unpaired) electrons. The molecule has 0 heterocycles. The average Bonchev–Trinajstić information content (AvgIpc) is 2.41. The fourth-order valence-corrected chi connectivity index (χ4v) is 2.40. The minimum Gasteiger partial charge on any atom is -0.381 e. The summed E-state index contributed by atoms with van der Waals surface area (Å²) < 4.78 is 5.15. The van der Waals surface area contributed by atoms with Gasteiger partial charge in [-0.15, -0.1) is 0 Å². The van der Waals surface area contributed by atoms with Gasteiger partial charge in [0.15, 0.2) is 0 Å². The van der Waals surface area contributed by atoms with Gasteiger partial charge in [-0.25, -0.2) is 0 Å². The Balaban J connectivity index is 2.16. The zero-order chi connectivity index (χ0) is 15.4. The molecule has 2 N–H and O–H groups in total. The van der Waals surface area contributed by atoms with E-state index in [4.69, 9.17) is 4.74 Å². The van der Waals surface area contributed by atoms with Crippen LogP contribution in [0.15, 0.2) is 18.2 Å². The van der Waals surface area contributed by atoms with Crippen LogP contribution >= 0.6 is 0 Å². The third-order valence-electron chi connectivity index (χ3n) is 3.59. The summed E-state index contributed by atoms with van der Waals surface area (Å²) in [5.41, 5.74) is 0.261. The number of nitrogens with one attached hydrogen (secondary N) is 2. The van der Waals surface area contributed by atoms with Crippen LogP contribution in [0.2, 0.25) is 0 Å². The molecule has 1 aliphatic carbocycles. The summed E-state index contributed by atoms with van der Waals surface area (Å²) in [6.07, 6.45) is 1.64. The predicted molar refractivity (Wildman–Crippen MR) is 78.5 cm³/mol. The molecule has 1 aromatic rings. The highest BCUT2D eigenvalue weighted by atomic mass is 16.6. The number of anilines is 1. The topological polar surface area (TPSA) is 93.5 Å². The van der Waals surface area contributed by atoms with E-state index in [0.29, 0.717) is 12.2 Å². The van der Waals surface area contributed by atoms with E-state index in [9.17, 15) is 14.9 Å². The van der Waals surface area contributed by atoms with Gasteiger partial charge >= 0.3 is 5.69 Å². The number of benzene rings is 1. The van der Waals surface area contributed by atoms with E-state index in [2.05, 4.69) is 10.6 Å². The Bertz CT molecular complexity index is 541. The van der Waals surface area contributed by atoms with Crippen LogP contribution in [0.3, 0.4) is 0 Å². The predicted octanol–water partition coefficient (Wildman–Crippen LogP) is 1.93. The highest BCUT2D eigenvalue weighted by molar-refractivity contribution is 6.00. The lowest BCUT2D eigenvalue weighted by Crippen LogP contribution is -2.47. The van der Waals surface area contributed by atoms with Gasteiger partial charge in [0.25, 0.3) is 5.91 Å². The number of carbonyl (C=O) groups is 1. The number of rotatable bonds is 6. The van der Waals surface area contributed by atoms with Crippen molar-refractivity contribution in [3.63, 3.8) is 0 Å². The number of ether oxygens (including phenoxy) is 1. The molecule has 1 aliphatic rings. The third kappa shape index (κ3) is 3.30. The Hall–Kier alpha value is -2.15. The number of nitro benzene ring substituents is 1. The normalized spacial score (nSPS) is 20.5. The molecule has 114 valence electrons. The summed E-state index contributed by atoms with van der Waals surface area (Å²) >= 11 is 0. The first-order chi connectivity index (χ1) is 10.1. The van der Waals surface area contributed by atoms with Gasteiger partial charge in [0.1, 0.15) is 11.3 Å². The van der Waals surface area contributed by atoms with E-state index in [-0.39, 0.29) is 23.4 Å². The number of nitro groups is 1. The molecule has 0 saturated heterocycles. The lowest BCUT2D eigenvalue weighted by Gasteiger charge is -2.34. The molecule has 0 unspecified atom stereocenters. The van der Waals surface area contributed by atoms with Crippen molar-refractivity contribution in [2.24, 2.45) is 0 Å². The number of carbonyl (C=O) groups excluding carboxylic acids is 1. The Morgan fingerprint density at radius 3 is 2.76 bits per heavy atom. The first-order valence-electron chi connectivity index (χ1n) is 6.91. The number of hydrogen-bond acceptors (Lipinski definition) is 5. The lowest BCUT2D eigenvalue weighted by molar-refractivity contribution is -0.384. The van der Waals surface area contributed by atoms with Crippen molar-refractivity contribution < 1.29 is 14.5 Å². The highest BCUT2D eigenvalue weighted by Gasteiger charge is 2.32. The molecule has 2 rings (SSSR count). The Morgan fingerprint density at radius 2 is 2.19 bits per heavy atom. The van der Waals surface area contributed by atoms with Crippen LogP contribution in [0.4, 0.5) is 11.4 Å². The maximum atomic E-state index is 12.2. The largest absolute Gasteiger partial charge is 0.381 e. The molecular formula is C14H19N3O4. The number of para-hydroxylation sites is 1. The second-order valence-electron chi connectivity index (χ2n) is 4.99. The zero-order valence-corrected chi connectivity index (χ0v) is 12.1.